The number of hydrogen-bond acceptors (Lipinski definition) is 6. The average molecular weight is 515 g/mol. The number of methoxy groups -OCH3 is 2. The molecule has 2 aliphatic rings. The Kier molecular flexibility index (Phi) is 7.95. The molecule has 1 amide bonds. The fourth-order valence-electron chi connectivity index (χ4n) is 4.96. The minimum absolute atomic E-state index is 0.0366. The Balaban J connectivity index is 1.79. The predicted molar refractivity (Wildman–Crippen MR) is 141 cm³/mol. The van der Waals surface area contributed by atoms with E-state index >= 15 is 4.39 Å². The van der Waals surface area contributed by atoms with E-state index in [0.29, 0.717) is 17.2 Å². The van der Waals surface area contributed by atoms with Crippen molar-refractivity contribution in [2.24, 2.45) is 10.9 Å². The molecule has 1 heterocycles. The highest BCUT2D eigenvalue weighted by Crippen LogP contribution is 2.51. The zero-order chi connectivity index (χ0) is 25.9. The van der Waals surface area contributed by atoms with Crippen LogP contribution in [0.4, 0.5) is 9.18 Å². The second kappa shape index (κ2) is 10.8. The number of nitrogens with zero attached hydrogens (tertiary/aromatic N) is 2. The number of amides is 1. The van der Waals surface area contributed by atoms with Crippen molar-refractivity contribution >= 4 is 23.0 Å². The molecule has 1 aliphatic carbocycles. The van der Waals surface area contributed by atoms with Gasteiger partial charge in [0.1, 0.15) is 17.2 Å². The van der Waals surface area contributed by atoms with E-state index in [4.69, 9.17) is 19.2 Å². The summed E-state index contributed by atoms with van der Waals surface area (Å²) in [6.45, 7) is 5.80. The topological polar surface area (TPSA) is 60.4 Å². The van der Waals surface area contributed by atoms with E-state index in [1.807, 2.05) is 57.2 Å². The quantitative estimate of drug-likeness (QED) is 0.463. The molecule has 3 unspecified atom stereocenters. The summed E-state index contributed by atoms with van der Waals surface area (Å²) < 4.78 is 32.1. The zero-order valence-electron chi connectivity index (χ0n) is 21.6. The smallest absolute Gasteiger partial charge is 0.416 e. The number of aliphatic imine (C=N–C) groups is 1. The van der Waals surface area contributed by atoms with Crippen LogP contribution >= 0.6 is 11.8 Å². The van der Waals surface area contributed by atoms with Gasteiger partial charge < -0.3 is 14.2 Å². The summed E-state index contributed by atoms with van der Waals surface area (Å²) in [4.78, 5) is 20.2. The van der Waals surface area contributed by atoms with Gasteiger partial charge in [0.05, 0.1) is 25.3 Å². The summed E-state index contributed by atoms with van der Waals surface area (Å²) in [7, 11) is 3.31. The lowest BCUT2D eigenvalue weighted by Crippen LogP contribution is -2.49. The van der Waals surface area contributed by atoms with Crippen LogP contribution in [-0.4, -0.2) is 47.8 Å². The Hall–Kier alpha value is -2.58. The van der Waals surface area contributed by atoms with Gasteiger partial charge in [0.15, 0.2) is 5.17 Å². The molecule has 0 saturated heterocycles. The normalized spacial score (nSPS) is 23.9. The largest absolute Gasteiger partial charge is 0.497 e. The van der Waals surface area contributed by atoms with Gasteiger partial charge in [0.25, 0.3) is 0 Å². The molecule has 6 nitrogen and oxygen atoms in total. The molecule has 0 bridgehead atoms. The van der Waals surface area contributed by atoms with Crippen LogP contribution in [0, 0.1) is 11.7 Å². The van der Waals surface area contributed by atoms with Crippen LogP contribution in [0.1, 0.15) is 51.2 Å². The number of carbonyl (C=O) groups is 1. The molecular formula is C28H35FN2O4S. The minimum Gasteiger partial charge on any atom is -0.497 e. The number of carbonyl (C=O) groups excluding carboxylic acids is 1. The van der Waals surface area contributed by atoms with Crippen molar-refractivity contribution in [3.63, 3.8) is 0 Å². The van der Waals surface area contributed by atoms with Crippen molar-refractivity contribution in [3.05, 3.63) is 65.5 Å². The lowest BCUT2D eigenvalue weighted by molar-refractivity contribution is 0.0180. The third-order valence-electron chi connectivity index (χ3n) is 6.78. The summed E-state index contributed by atoms with van der Waals surface area (Å²) in [6.07, 6.45) is 1.83. The van der Waals surface area contributed by atoms with E-state index in [1.165, 1.54) is 17.8 Å². The molecular weight excluding hydrogens is 479 g/mol. The highest BCUT2D eigenvalue weighted by atomic mass is 32.2. The van der Waals surface area contributed by atoms with Gasteiger partial charge in [-0.1, -0.05) is 42.1 Å². The van der Waals surface area contributed by atoms with Crippen LogP contribution < -0.4 is 4.74 Å². The maximum atomic E-state index is 15.3. The van der Waals surface area contributed by atoms with E-state index < -0.39 is 17.2 Å². The van der Waals surface area contributed by atoms with E-state index in [2.05, 4.69) is 0 Å². The number of amidine groups is 1. The van der Waals surface area contributed by atoms with Crippen LogP contribution in [0.5, 0.6) is 5.75 Å². The second-order valence-electron chi connectivity index (χ2n) is 10.4. The minimum atomic E-state index is -0.814. The van der Waals surface area contributed by atoms with Gasteiger partial charge in [-0.15, -0.1) is 0 Å². The Morgan fingerprint density at radius 3 is 2.50 bits per heavy atom. The fourth-order valence-corrected chi connectivity index (χ4v) is 6.28. The first-order valence-corrected chi connectivity index (χ1v) is 13.3. The number of rotatable bonds is 5. The second-order valence-corrected chi connectivity index (χ2v) is 11.3. The lowest BCUT2D eigenvalue weighted by Gasteiger charge is -2.47. The molecule has 1 aliphatic heterocycles. The molecule has 0 N–H and O–H groups in total. The molecule has 0 radical (unpaired) electrons. The van der Waals surface area contributed by atoms with Crippen molar-refractivity contribution in [1.82, 2.24) is 4.90 Å². The number of benzene rings is 2. The monoisotopic (exact) mass is 514 g/mol. The third-order valence-corrected chi connectivity index (χ3v) is 7.92. The highest BCUT2D eigenvalue weighted by molar-refractivity contribution is 8.13. The number of fused-ring (bicyclic) bond motifs is 1. The van der Waals surface area contributed by atoms with Crippen LogP contribution in [0.3, 0.4) is 0 Å². The summed E-state index contributed by atoms with van der Waals surface area (Å²) >= 11 is 1.53. The molecule has 0 aromatic heterocycles. The van der Waals surface area contributed by atoms with Crippen molar-refractivity contribution in [3.8, 4) is 5.75 Å². The van der Waals surface area contributed by atoms with Gasteiger partial charge in [0.2, 0.25) is 0 Å². The summed E-state index contributed by atoms with van der Waals surface area (Å²) in [5.74, 6) is 1.32. The Morgan fingerprint density at radius 2 is 1.86 bits per heavy atom. The molecule has 1 saturated carbocycles. The predicted octanol–water partition coefficient (Wildman–Crippen LogP) is 6.38. The van der Waals surface area contributed by atoms with Crippen LogP contribution in [0.2, 0.25) is 0 Å². The molecule has 8 heteroatoms. The van der Waals surface area contributed by atoms with Crippen LogP contribution in [0.15, 0.2) is 53.5 Å². The van der Waals surface area contributed by atoms with Gasteiger partial charge in [0, 0.05) is 24.8 Å². The van der Waals surface area contributed by atoms with E-state index in [9.17, 15) is 4.79 Å². The maximum absolute atomic E-state index is 15.3. The summed E-state index contributed by atoms with van der Waals surface area (Å²) in [5, 5.41) is 0.538. The van der Waals surface area contributed by atoms with E-state index in [-0.39, 0.29) is 24.4 Å². The molecule has 194 valence electrons. The number of ether oxygens (including phenoxy) is 3. The maximum Gasteiger partial charge on any atom is 0.416 e. The summed E-state index contributed by atoms with van der Waals surface area (Å²) in [5.41, 5.74) is -0.0219. The van der Waals surface area contributed by atoms with E-state index in [0.717, 1.165) is 29.9 Å². The first-order chi connectivity index (χ1) is 17.1. The van der Waals surface area contributed by atoms with Crippen LogP contribution in [0.25, 0.3) is 0 Å². The summed E-state index contributed by atoms with van der Waals surface area (Å²) in [6, 6.07) is 14.4. The Bertz CT molecular complexity index is 1100. The molecule has 36 heavy (non-hydrogen) atoms. The molecule has 1 fully saturated rings. The molecule has 0 spiro atoms. The van der Waals surface area contributed by atoms with Crippen molar-refractivity contribution in [2.75, 3.05) is 20.0 Å². The zero-order valence-corrected chi connectivity index (χ0v) is 22.4. The van der Waals surface area contributed by atoms with Gasteiger partial charge in [-0.25, -0.2) is 14.2 Å². The van der Waals surface area contributed by atoms with Gasteiger partial charge in [-0.3, -0.25) is 4.90 Å². The van der Waals surface area contributed by atoms with Gasteiger partial charge >= 0.3 is 6.09 Å². The first kappa shape index (κ1) is 26.5. The fraction of sp³-hybridized carbons (Fsp3) is 0.500. The van der Waals surface area contributed by atoms with Gasteiger partial charge in [-0.05, 0) is 63.3 Å². The molecule has 2 aromatic rings. The van der Waals surface area contributed by atoms with Crippen LogP contribution in [-0.2, 0) is 21.6 Å². The lowest BCUT2D eigenvalue weighted by atomic mass is 9.68. The van der Waals surface area contributed by atoms with E-state index in [1.54, 1.807) is 25.2 Å². The van der Waals surface area contributed by atoms with Crippen molar-refractivity contribution < 1.29 is 23.4 Å². The third kappa shape index (κ3) is 5.70. The standard InChI is InChI=1S/C28H35FN2O4S/c1-27(2,3)35-26(32)31(17-19-10-13-21(33-4)14-11-19)25-30-28(23-8-6-7-9-24(23)29)16-22(34-5)15-12-20(28)18-36-25/h6-11,13-14,20,22H,12,15-18H2,1-5H3. The Labute approximate surface area is 217 Å². The Morgan fingerprint density at radius 1 is 1.14 bits per heavy atom. The molecule has 4 rings (SSSR count). The van der Waals surface area contributed by atoms with Crippen molar-refractivity contribution in [1.29, 1.82) is 0 Å². The average Bonchev–Trinajstić information content (AvgIpc) is 2.86. The molecule has 3 atom stereocenters. The number of thioether (sulfide) groups is 1. The molecule has 2 aromatic carbocycles. The van der Waals surface area contributed by atoms with Crippen molar-refractivity contribution in [2.45, 2.75) is 63.8 Å². The first-order valence-electron chi connectivity index (χ1n) is 12.3. The number of halogens is 1. The van der Waals surface area contributed by atoms with Gasteiger partial charge in [-0.2, -0.15) is 0 Å². The SMILES string of the molecule is COc1ccc(CN(C(=O)OC(C)(C)C)C2=NC3(c4ccccc4F)CC(OC)CCC3CS2)cc1. The highest BCUT2D eigenvalue weighted by Gasteiger charge is 2.50. The number of hydrogen-bond donors (Lipinski definition) is 0.